The number of hydrogen-bond acceptors (Lipinski definition) is 3. The van der Waals surface area contributed by atoms with Crippen LogP contribution in [0.4, 0.5) is 5.82 Å². The van der Waals surface area contributed by atoms with E-state index in [0.717, 1.165) is 24.5 Å². The van der Waals surface area contributed by atoms with E-state index in [-0.39, 0.29) is 0 Å². The summed E-state index contributed by atoms with van der Waals surface area (Å²) < 4.78 is 0. The third kappa shape index (κ3) is 2.48. The maximum absolute atomic E-state index is 9.37. The Morgan fingerprint density at radius 3 is 2.53 bits per heavy atom. The highest BCUT2D eigenvalue weighted by Crippen LogP contribution is 2.19. The molecule has 0 spiro atoms. The SMILES string of the molecule is C[C@@H](O)c1ccc(N2CCCCC2)nc1. The van der Waals surface area contributed by atoms with Gasteiger partial charge in [-0.2, -0.15) is 0 Å². The molecule has 3 nitrogen and oxygen atoms in total. The zero-order valence-electron chi connectivity index (χ0n) is 9.19. The minimum Gasteiger partial charge on any atom is -0.389 e. The second-order valence-electron chi connectivity index (χ2n) is 4.17. The van der Waals surface area contributed by atoms with Gasteiger partial charge in [-0.15, -0.1) is 0 Å². The van der Waals surface area contributed by atoms with Crippen LogP contribution in [0.2, 0.25) is 0 Å². The fourth-order valence-corrected chi connectivity index (χ4v) is 1.95. The molecule has 0 radical (unpaired) electrons. The molecule has 0 aliphatic carbocycles. The predicted molar refractivity (Wildman–Crippen MR) is 60.9 cm³/mol. The van der Waals surface area contributed by atoms with E-state index in [4.69, 9.17) is 0 Å². The second-order valence-corrected chi connectivity index (χ2v) is 4.17. The first kappa shape index (κ1) is 10.4. The minimum atomic E-state index is -0.423. The third-order valence-electron chi connectivity index (χ3n) is 2.93. The summed E-state index contributed by atoms with van der Waals surface area (Å²) in [5.74, 6) is 1.04. The van der Waals surface area contributed by atoms with Crippen molar-refractivity contribution in [2.45, 2.75) is 32.3 Å². The summed E-state index contributed by atoms with van der Waals surface area (Å²) in [6.45, 7) is 3.99. The fourth-order valence-electron chi connectivity index (χ4n) is 1.95. The zero-order valence-corrected chi connectivity index (χ0v) is 9.19. The third-order valence-corrected chi connectivity index (χ3v) is 2.93. The van der Waals surface area contributed by atoms with Crippen molar-refractivity contribution in [1.82, 2.24) is 4.98 Å². The maximum atomic E-state index is 9.37. The van der Waals surface area contributed by atoms with Crippen LogP contribution in [0.25, 0.3) is 0 Å². The van der Waals surface area contributed by atoms with Crippen LogP contribution in [-0.4, -0.2) is 23.2 Å². The fraction of sp³-hybridized carbons (Fsp3) is 0.583. The first-order valence-corrected chi connectivity index (χ1v) is 5.66. The lowest BCUT2D eigenvalue weighted by Crippen LogP contribution is -2.30. The summed E-state index contributed by atoms with van der Waals surface area (Å²) in [5, 5.41) is 9.37. The van der Waals surface area contributed by atoms with Gasteiger partial charge in [-0.05, 0) is 37.8 Å². The van der Waals surface area contributed by atoms with Gasteiger partial charge in [-0.25, -0.2) is 4.98 Å². The van der Waals surface area contributed by atoms with Crippen LogP contribution >= 0.6 is 0 Å². The largest absolute Gasteiger partial charge is 0.389 e. The summed E-state index contributed by atoms with van der Waals surface area (Å²) in [5.41, 5.74) is 0.885. The van der Waals surface area contributed by atoms with Gasteiger partial charge in [0.05, 0.1) is 6.10 Å². The lowest BCUT2D eigenvalue weighted by Gasteiger charge is -2.27. The molecule has 82 valence electrons. The van der Waals surface area contributed by atoms with Gasteiger partial charge in [-0.3, -0.25) is 0 Å². The molecule has 1 N–H and O–H groups in total. The van der Waals surface area contributed by atoms with E-state index < -0.39 is 6.10 Å². The first-order valence-electron chi connectivity index (χ1n) is 5.66. The molecule has 0 saturated carbocycles. The Morgan fingerprint density at radius 1 is 1.27 bits per heavy atom. The molecule has 2 heterocycles. The average molecular weight is 206 g/mol. The van der Waals surface area contributed by atoms with Gasteiger partial charge in [0.15, 0.2) is 0 Å². The number of aliphatic hydroxyl groups excluding tert-OH is 1. The molecule has 15 heavy (non-hydrogen) atoms. The van der Waals surface area contributed by atoms with E-state index >= 15 is 0 Å². The van der Waals surface area contributed by atoms with Gasteiger partial charge in [-0.1, -0.05) is 6.07 Å². The molecule has 2 rings (SSSR count). The Balaban J connectivity index is 2.08. The van der Waals surface area contributed by atoms with Crippen molar-refractivity contribution >= 4 is 5.82 Å². The highest BCUT2D eigenvalue weighted by molar-refractivity contribution is 5.39. The van der Waals surface area contributed by atoms with Crippen molar-refractivity contribution in [1.29, 1.82) is 0 Å². The molecule has 3 heteroatoms. The van der Waals surface area contributed by atoms with Gasteiger partial charge in [0, 0.05) is 19.3 Å². The van der Waals surface area contributed by atoms with Crippen LogP contribution in [0.5, 0.6) is 0 Å². The molecular weight excluding hydrogens is 188 g/mol. The highest BCUT2D eigenvalue weighted by Gasteiger charge is 2.12. The summed E-state index contributed by atoms with van der Waals surface area (Å²) in [4.78, 5) is 6.70. The molecule has 0 unspecified atom stereocenters. The standard InChI is InChI=1S/C12H18N2O/c1-10(15)11-5-6-12(13-9-11)14-7-3-2-4-8-14/h5-6,9-10,15H,2-4,7-8H2,1H3/t10-/m1/s1. The Morgan fingerprint density at radius 2 is 2.00 bits per heavy atom. The maximum Gasteiger partial charge on any atom is 0.128 e. The van der Waals surface area contributed by atoms with Gasteiger partial charge in [0.1, 0.15) is 5.82 Å². The molecule has 0 amide bonds. The first-order chi connectivity index (χ1) is 7.27. The summed E-state index contributed by atoms with van der Waals surface area (Å²) in [6, 6.07) is 3.97. The lowest BCUT2D eigenvalue weighted by molar-refractivity contribution is 0.199. The Labute approximate surface area is 90.8 Å². The van der Waals surface area contributed by atoms with Gasteiger partial charge in [0.2, 0.25) is 0 Å². The van der Waals surface area contributed by atoms with E-state index in [0.29, 0.717) is 0 Å². The van der Waals surface area contributed by atoms with E-state index in [1.54, 1.807) is 13.1 Å². The summed E-state index contributed by atoms with van der Waals surface area (Å²) in [6.07, 6.45) is 5.21. The van der Waals surface area contributed by atoms with E-state index in [9.17, 15) is 5.11 Å². The van der Waals surface area contributed by atoms with Crippen molar-refractivity contribution < 1.29 is 5.11 Å². The summed E-state index contributed by atoms with van der Waals surface area (Å²) >= 11 is 0. The number of aromatic nitrogens is 1. The smallest absolute Gasteiger partial charge is 0.128 e. The second kappa shape index (κ2) is 4.62. The molecule has 1 aliphatic heterocycles. The Hall–Kier alpha value is -1.09. The highest BCUT2D eigenvalue weighted by atomic mass is 16.3. The molecule has 1 aromatic heterocycles. The molecule has 1 saturated heterocycles. The topological polar surface area (TPSA) is 36.4 Å². The number of hydrogen-bond donors (Lipinski definition) is 1. The molecule has 1 aromatic rings. The normalized spacial score (nSPS) is 18.9. The quantitative estimate of drug-likeness (QED) is 0.805. The molecule has 1 atom stereocenters. The molecule has 1 aliphatic rings. The van der Waals surface area contributed by atoms with Crippen LogP contribution < -0.4 is 4.90 Å². The number of anilines is 1. The van der Waals surface area contributed by atoms with Crippen LogP contribution in [0.1, 0.15) is 37.9 Å². The summed E-state index contributed by atoms with van der Waals surface area (Å²) in [7, 11) is 0. The number of piperidine rings is 1. The van der Waals surface area contributed by atoms with E-state index in [2.05, 4.69) is 9.88 Å². The van der Waals surface area contributed by atoms with Crippen LogP contribution in [-0.2, 0) is 0 Å². The monoisotopic (exact) mass is 206 g/mol. The number of aliphatic hydroxyl groups is 1. The number of nitrogens with zero attached hydrogens (tertiary/aromatic N) is 2. The zero-order chi connectivity index (χ0) is 10.7. The van der Waals surface area contributed by atoms with Crippen molar-refractivity contribution in [3.8, 4) is 0 Å². The van der Waals surface area contributed by atoms with E-state index in [1.165, 1.54) is 19.3 Å². The minimum absolute atomic E-state index is 0.423. The molecule has 1 fully saturated rings. The molecular formula is C12H18N2O. The van der Waals surface area contributed by atoms with Crippen molar-refractivity contribution in [2.24, 2.45) is 0 Å². The predicted octanol–water partition coefficient (Wildman–Crippen LogP) is 2.13. The number of pyridine rings is 1. The van der Waals surface area contributed by atoms with Crippen molar-refractivity contribution in [3.63, 3.8) is 0 Å². The van der Waals surface area contributed by atoms with Crippen molar-refractivity contribution in [2.75, 3.05) is 18.0 Å². The van der Waals surface area contributed by atoms with Crippen LogP contribution in [0.3, 0.4) is 0 Å². The van der Waals surface area contributed by atoms with Crippen LogP contribution in [0.15, 0.2) is 18.3 Å². The van der Waals surface area contributed by atoms with Crippen LogP contribution in [0, 0.1) is 0 Å². The van der Waals surface area contributed by atoms with Gasteiger partial charge >= 0.3 is 0 Å². The Bertz CT molecular complexity index is 302. The lowest BCUT2D eigenvalue weighted by atomic mass is 10.1. The average Bonchev–Trinajstić information content (AvgIpc) is 2.30. The van der Waals surface area contributed by atoms with E-state index in [1.807, 2.05) is 12.1 Å². The number of rotatable bonds is 2. The molecule has 0 bridgehead atoms. The van der Waals surface area contributed by atoms with Crippen molar-refractivity contribution in [3.05, 3.63) is 23.9 Å². The molecule has 0 aromatic carbocycles. The Kier molecular flexibility index (Phi) is 3.21. The van der Waals surface area contributed by atoms with Gasteiger partial charge in [0.25, 0.3) is 0 Å². The van der Waals surface area contributed by atoms with Gasteiger partial charge < -0.3 is 10.0 Å².